The van der Waals surface area contributed by atoms with Crippen LogP contribution in [0.25, 0.3) is 0 Å². The third kappa shape index (κ3) is 1.64. The molecule has 0 saturated carbocycles. The van der Waals surface area contributed by atoms with Gasteiger partial charge < -0.3 is 0 Å². The summed E-state index contributed by atoms with van der Waals surface area (Å²) in [5.74, 6) is 0.206. The van der Waals surface area contributed by atoms with Gasteiger partial charge in [0.05, 0.1) is 10.8 Å². The van der Waals surface area contributed by atoms with Crippen LogP contribution < -0.4 is 0 Å². The highest BCUT2D eigenvalue weighted by Crippen LogP contribution is 2.25. The second kappa shape index (κ2) is 3.25. The molecule has 0 radical (unpaired) electrons. The summed E-state index contributed by atoms with van der Waals surface area (Å²) in [6.07, 6.45) is -1.26. The molecule has 0 aliphatic heterocycles. The Morgan fingerprint density at radius 1 is 1.70 bits per heavy atom. The number of hydrogen-bond acceptors (Lipinski definition) is 2. The standard InChI is InChI=1S/C5H4ClF2NS/c6-1-4-9-2-3(10-4)5(7)8/h2,5H,1H2. The first kappa shape index (κ1) is 7.88. The normalized spacial score (nSPS) is 10.8. The Labute approximate surface area is 65.7 Å². The van der Waals surface area contributed by atoms with E-state index in [1.54, 1.807) is 0 Å². The largest absolute Gasteiger partial charge is 0.274 e. The van der Waals surface area contributed by atoms with Crippen LogP contribution in [0.5, 0.6) is 0 Å². The average molecular weight is 184 g/mol. The van der Waals surface area contributed by atoms with E-state index in [9.17, 15) is 8.78 Å². The van der Waals surface area contributed by atoms with Crippen molar-refractivity contribution in [2.75, 3.05) is 0 Å². The number of hydrogen-bond donors (Lipinski definition) is 0. The summed E-state index contributed by atoms with van der Waals surface area (Å²) < 4.78 is 23.7. The van der Waals surface area contributed by atoms with Gasteiger partial charge in [0.25, 0.3) is 6.43 Å². The molecule has 0 bridgehead atoms. The minimum Gasteiger partial charge on any atom is -0.248 e. The molecule has 0 atom stereocenters. The van der Waals surface area contributed by atoms with E-state index in [2.05, 4.69) is 4.98 Å². The summed E-state index contributed by atoms with van der Waals surface area (Å²) in [6.45, 7) is 0. The van der Waals surface area contributed by atoms with Crippen molar-refractivity contribution in [2.45, 2.75) is 12.3 Å². The van der Waals surface area contributed by atoms with E-state index in [4.69, 9.17) is 11.6 Å². The maximum absolute atomic E-state index is 11.8. The second-order valence-electron chi connectivity index (χ2n) is 1.59. The van der Waals surface area contributed by atoms with Crippen LogP contribution in [0, 0.1) is 0 Å². The van der Waals surface area contributed by atoms with Gasteiger partial charge in [-0.05, 0) is 0 Å². The van der Waals surface area contributed by atoms with E-state index in [1.165, 1.54) is 0 Å². The van der Waals surface area contributed by atoms with Gasteiger partial charge in [-0.3, -0.25) is 0 Å². The minimum absolute atomic E-state index is 0.0179. The second-order valence-corrected chi connectivity index (χ2v) is 3.00. The fourth-order valence-electron chi connectivity index (χ4n) is 0.487. The molecule has 0 unspecified atom stereocenters. The summed E-state index contributed by atoms with van der Waals surface area (Å²) in [7, 11) is 0. The van der Waals surface area contributed by atoms with Crippen molar-refractivity contribution in [1.82, 2.24) is 4.98 Å². The molecule has 0 aliphatic carbocycles. The Kier molecular flexibility index (Phi) is 2.56. The lowest BCUT2D eigenvalue weighted by Crippen LogP contribution is -1.72. The number of halogens is 3. The highest BCUT2D eigenvalue weighted by atomic mass is 35.5. The molecule has 0 aliphatic rings. The van der Waals surface area contributed by atoms with E-state index in [1.807, 2.05) is 0 Å². The molecule has 0 spiro atoms. The summed E-state index contributed by atoms with van der Waals surface area (Å²) in [6, 6.07) is 0. The van der Waals surface area contributed by atoms with Gasteiger partial charge in [-0.15, -0.1) is 22.9 Å². The van der Waals surface area contributed by atoms with Crippen LogP contribution in [0.15, 0.2) is 6.20 Å². The molecular formula is C5H4ClF2NS. The lowest BCUT2D eigenvalue weighted by atomic mass is 10.6. The Balaban J connectivity index is 2.78. The molecule has 0 N–H and O–H groups in total. The van der Waals surface area contributed by atoms with E-state index in [-0.39, 0.29) is 10.8 Å². The van der Waals surface area contributed by atoms with E-state index >= 15 is 0 Å². The van der Waals surface area contributed by atoms with Gasteiger partial charge in [-0.1, -0.05) is 0 Å². The number of thiazole rings is 1. The van der Waals surface area contributed by atoms with Crippen LogP contribution >= 0.6 is 22.9 Å². The van der Waals surface area contributed by atoms with Gasteiger partial charge in [-0.25, -0.2) is 13.8 Å². The number of aromatic nitrogens is 1. The lowest BCUT2D eigenvalue weighted by molar-refractivity contribution is 0.155. The van der Waals surface area contributed by atoms with Crippen LogP contribution in [0.2, 0.25) is 0 Å². The van der Waals surface area contributed by atoms with Gasteiger partial charge in [-0.2, -0.15) is 0 Å². The molecule has 1 aromatic heterocycles. The van der Waals surface area contributed by atoms with Crippen molar-refractivity contribution < 1.29 is 8.78 Å². The zero-order chi connectivity index (χ0) is 7.56. The van der Waals surface area contributed by atoms with E-state index in [0.717, 1.165) is 17.5 Å². The zero-order valence-electron chi connectivity index (χ0n) is 4.85. The van der Waals surface area contributed by atoms with Crippen molar-refractivity contribution in [1.29, 1.82) is 0 Å². The molecule has 1 nitrogen and oxygen atoms in total. The molecule has 1 rings (SSSR count). The first-order valence-corrected chi connectivity index (χ1v) is 3.88. The van der Waals surface area contributed by atoms with Crippen molar-refractivity contribution in [3.8, 4) is 0 Å². The molecule has 0 saturated heterocycles. The van der Waals surface area contributed by atoms with E-state index in [0.29, 0.717) is 5.01 Å². The fourth-order valence-corrected chi connectivity index (χ4v) is 1.35. The third-order valence-corrected chi connectivity index (χ3v) is 2.32. The van der Waals surface area contributed by atoms with Crippen molar-refractivity contribution in [3.05, 3.63) is 16.1 Å². The van der Waals surface area contributed by atoms with Crippen LogP contribution in [0.4, 0.5) is 8.78 Å². The first-order chi connectivity index (χ1) is 4.74. The van der Waals surface area contributed by atoms with Gasteiger partial charge >= 0.3 is 0 Å². The summed E-state index contributed by atoms with van der Waals surface area (Å²) in [5.41, 5.74) is 0. The van der Waals surface area contributed by atoms with Crippen molar-refractivity contribution in [3.63, 3.8) is 0 Å². The lowest BCUT2D eigenvalue weighted by Gasteiger charge is -1.87. The number of nitrogens with zero attached hydrogens (tertiary/aromatic N) is 1. The summed E-state index contributed by atoms with van der Waals surface area (Å²) in [4.78, 5) is 3.64. The topological polar surface area (TPSA) is 12.9 Å². The van der Waals surface area contributed by atoms with Crippen molar-refractivity contribution >= 4 is 22.9 Å². The molecule has 10 heavy (non-hydrogen) atoms. The Morgan fingerprint density at radius 3 is 2.70 bits per heavy atom. The summed E-state index contributed by atoms with van der Waals surface area (Å²) >= 11 is 6.30. The Hall–Kier alpha value is -0.220. The van der Waals surface area contributed by atoms with Crippen molar-refractivity contribution in [2.24, 2.45) is 0 Å². The fraction of sp³-hybridized carbons (Fsp3) is 0.400. The molecule has 0 amide bonds. The van der Waals surface area contributed by atoms with Crippen LogP contribution in [-0.2, 0) is 5.88 Å². The monoisotopic (exact) mass is 183 g/mol. The molecule has 1 aromatic rings. The molecular weight excluding hydrogens is 180 g/mol. The highest BCUT2D eigenvalue weighted by Gasteiger charge is 2.10. The smallest absolute Gasteiger partial charge is 0.248 e. The van der Waals surface area contributed by atoms with Crippen LogP contribution in [0.3, 0.4) is 0 Å². The highest BCUT2D eigenvalue weighted by molar-refractivity contribution is 7.11. The molecule has 56 valence electrons. The van der Waals surface area contributed by atoms with Crippen LogP contribution in [0.1, 0.15) is 16.3 Å². The van der Waals surface area contributed by atoms with Gasteiger partial charge in [0.2, 0.25) is 0 Å². The summed E-state index contributed by atoms with van der Waals surface area (Å²) in [5, 5.41) is 0.539. The van der Waals surface area contributed by atoms with Gasteiger partial charge in [0.1, 0.15) is 5.01 Å². The third-order valence-electron chi connectivity index (χ3n) is 0.901. The molecule has 0 aromatic carbocycles. The minimum atomic E-state index is -2.42. The van der Waals surface area contributed by atoms with Gasteiger partial charge in [0, 0.05) is 6.20 Å². The maximum Gasteiger partial charge on any atom is 0.274 e. The average Bonchev–Trinajstić information content (AvgIpc) is 2.34. The molecule has 0 fully saturated rings. The maximum atomic E-state index is 11.8. The SMILES string of the molecule is FC(F)c1cnc(CCl)s1. The number of alkyl halides is 3. The molecule has 5 heteroatoms. The van der Waals surface area contributed by atoms with Crippen LogP contribution in [-0.4, -0.2) is 4.98 Å². The van der Waals surface area contributed by atoms with E-state index < -0.39 is 6.43 Å². The Bertz CT molecular complexity index is 213. The zero-order valence-corrected chi connectivity index (χ0v) is 6.42. The predicted molar refractivity (Wildman–Crippen MR) is 36.6 cm³/mol. The van der Waals surface area contributed by atoms with Gasteiger partial charge in [0.15, 0.2) is 0 Å². The predicted octanol–water partition coefficient (Wildman–Crippen LogP) is 2.82. The first-order valence-electron chi connectivity index (χ1n) is 2.52. The Morgan fingerprint density at radius 2 is 2.40 bits per heavy atom. The number of rotatable bonds is 2. The molecule has 1 heterocycles. The quantitative estimate of drug-likeness (QED) is 0.643.